The lowest BCUT2D eigenvalue weighted by molar-refractivity contribution is -0.118. The van der Waals surface area contributed by atoms with E-state index in [0.29, 0.717) is 5.75 Å². The summed E-state index contributed by atoms with van der Waals surface area (Å²) in [6.07, 6.45) is 1.71. The molecule has 2 aromatic carbocycles. The molecule has 0 radical (unpaired) electrons. The van der Waals surface area contributed by atoms with Gasteiger partial charge in [-0.3, -0.25) is 4.79 Å². The van der Waals surface area contributed by atoms with Crippen LogP contribution in [0.4, 0.5) is 0 Å². The van der Waals surface area contributed by atoms with Gasteiger partial charge >= 0.3 is 0 Å². The maximum Gasteiger partial charge on any atom is 0.250 e. The lowest BCUT2D eigenvalue weighted by atomic mass is 10.0. The van der Waals surface area contributed by atoms with E-state index in [1.54, 1.807) is 17.6 Å². The second-order valence-corrected chi connectivity index (χ2v) is 8.09. The van der Waals surface area contributed by atoms with Gasteiger partial charge in [-0.05, 0) is 44.0 Å². The molecule has 3 rings (SSSR count). The Morgan fingerprint density at radius 3 is 2.68 bits per heavy atom. The van der Waals surface area contributed by atoms with Crippen LogP contribution in [0, 0.1) is 20.8 Å². The molecule has 0 aliphatic rings. The van der Waals surface area contributed by atoms with Crippen LogP contribution in [-0.4, -0.2) is 22.9 Å². The second kappa shape index (κ2) is 7.80. The van der Waals surface area contributed by atoms with Gasteiger partial charge in [0.25, 0.3) is 5.91 Å². The van der Waals surface area contributed by atoms with Crippen molar-refractivity contribution >= 4 is 45.4 Å². The number of rotatable bonds is 5. The molecule has 0 aliphatic carbocycles. The molecule has 0 atom stereocenters. The van der Waals surface area contributed by atoms with Crippen molar-refractivity contribution < 1.29 is 4.79 Å². The van der Waals surface area contributed by atoms with Gasteiger partial charge in [0.1, 0.15) is 0 Å². The Hall–Kier alpha value is -2.18. The van der Waals surface area contributed by atoms with Gasteiger partial charge in [-0.2, -0.15) is 5.10 Å². The summed E-state index contributed by atoms with van der Waals surface area (Å²) >= 11 is 3.03. The van der Waals surface area contributed by atoms with Crippen molar-refractivity contribution in [1.82, 2.24) is 10.4 Å². The lowest BCUT2D eigenvalue weighted by Gasteiger charge is -2.06. The van der Waals surface area contributed by atoms with E-state index < -0.39 is 0 Å². The van der Waals surface area contributed by atoms with E-state index in [-0.39, 0.29) is 5.91 Å². The fourth-order valence-electron chi connectivity index (χ4n) is 2.64. The smallest absolute Gasteiger partial charge is 0.250 e. The van der Waals surface area contributed by atoms with E-state index in [0.717, 1.165) is 31.2 Å². The van der Waals surface area contributed by atoms with Crippen molar-refractivity contribution in [3.63, 3.8) is 0 Å². The maximum absolute atomic E-state index is 12.0. The Labute approximate surface area is 155 Å². The molecule has 0 fully saturated rings. The van der Waals surface area contributed by atoms with Crippen molar-refractivity contribution in [3.05, 3.63) is 58.7 Å². The van der Waals surface area contributed by atoms with Crippen LogP contribution in [0.5, 0.6) is 0 Å². The number of amides is 1. The number of benzene rings is 2. The topological polar surface area (TPSA) is 54.4 Å². The number of aromatic nitrogens is 1. The predicted octanol–water partition coefficient (Wildman–Crippen LogP) is 4.46. The molecule has 1 aromatic heterocycles. The molecule has 0 spiro atoms. The molecular weight excluding hydrogens is 350 g/mol. The van der Waals surface area contributed by atoms with Gasteiger partial charge in [-0.1, -0.05) is 41.6 Å². The molecule has 4 nitrogen and oxygen atoms in total. The van der Waals surface area contributed by atoms with Gasteiger partial charge in [0.2, 0.25) is 0 Å². The quantitative estimate of drug-likeness (QED) is 0.410. The zero-order valence-corrected chi connectivity index (χ0v) is 16.0. The number of carbonyl (C=O) groups is 1. The maximum atomic E-state index is 12.0. The molecular formula is C19H19N3OS2. The summed E-state index contributed by atoms with van der Waals surface area (Å²) in [6.45, 7) is 6.17. The van der Waals surface area contributed by atoms with E-state index in [4.69, 9.17) is 0 Å². The number of thioether (sulfide) groups is 1. The third-order valence-electron chi connectivity index (χ3n) is 3.72. The van der Waals surface area contributed by atoms with Gasteiger partial charge in [-0.15, -0.1) is 11.3 Å². The number of thiazole rings is 1. The minimum Gasteiger partial charge on any atom is -0.272 e. The van der Waals surface area contributed by atoms with Crippen LogP contribution in [-0.2, 0) is 4.79 Å². The molecule has 25 heavy (non-hydrogen) atoms. The monoisotopic (exact) mass is 369 g/mol. The molecule has 0 saturated carbocycles. The molecule has 3 aromatic rings. The second-order valence-electron chi connectivity index (χ2n) is 5.84. The molecule has 0 bridgehead atoms. The average Bonchev–Trinajstić information content (AvgIpc) is 2.98. The number of hydrogen-bond donors (Lipinski definition) is 1. The van der Waals surface area contributed by atoms with E-state index in [1.165, 1.54) is 17.3 Å². The van der Waals surface area contributed by atoms with Gasteiger partial charge in [0.05, 0.1) is 22.2 Å². The minimum absolute atomic E-state index is 0.136. The molecule has 0 unspecified atom stereocenters. The van der Waals surface area contributed by atoms with Crippen LogP contribution >= 0.6 is 23.1 Å². The fourth-order valence-corrected chi connectivity index (χ4v) is 4.50. The first-order valence-electron chi connectivity index (χ1n) is 7.91. The molecule has 0 saturated heterocycles. The average molecular weight is 370 g/mol. The Morgan fingerprint density at radius 1 is 1.24 bits per heavy atom. The van der Waals surface area contributed by atoms with Crippen LogP contribution < -0.4 is 5.43 Å². The van der Waals surface area contributed by atoms with Crippen LogP contribution in [0.1, 0.15) is 22.3 Å². The molecule has 1 heterocycles. The summed E-state index contributed by atoms with van der Waals surface area (Å²) in [5.74, 6) is 0.158. The van der Waals surface area contributed by atoms with Gasteiger partial charge < -0.3 is 0 Å². The Kier molecular flexibility index (Phi) is 5.50. The van der Waals surface area contributed by atoms with Gasteiger partial charge in [-0.25, -0.2) is 10.4 Å². The molecule has 0 aliphatic heterocycles. The number of fused-ring (bicyclic) bond motifs is 1. The third-order valence-corrected chi connectivity index (χ3v) is 5.90. The third kappa shape index (κ3) is 4.46. The first kappa shape index (κ1) is 17.6. The van der Waals surface area contributed by atoms with Crippen molar-refractivity contribution in [2.24, 2.45) is 5.10 Å². The number of para-hydroxylation sites is 1. The number of aryl methyl sites for hydroxylation is 3. The highest BCUT2D eigenvalue weighted by Gasteiger charge is 2.07. The van der Waals surface area contributed by atoms with Crippen molar-refractivity contribution in [2.45, 2.75) is 25.1 Å². The highest BCUT2D eigenvalue weighted by Crippen LogP contribution is 2.28. The molecule has 1 amide bonds. The standard InChI is InChI=1S/C19H19N3OS2/c1-12-8-13(2)15(14(3)9-12)10-20-22-18(23)11-24-19-21-16-6-4-5-7-17(16)25-19/h4-10H,11H2,1-3H3,(H,22,23)/b20-10+. The number of hydrogen-bond acceptors (Lipinski definition) is 5. The van der Waals surface area contributed by atoms with Crippen molar-refractivity contribution in [2.75, 3.05) is 5.75 Å². The summed E-state index contributed by atoms with van der Waals surface area (Å²) in [7, 11) is 0. The van der Waals surface area contributed by atoms with Crippen LogP contribution in [0.25, 0.3) is 10.2 Å². The number of nitrogens with one attached hydrogen (secondary N) is 1. The number of hydrazone groups is 1. The van der Waals surface area contributed by atoms with Crippen molar-refractivity contribution in [1.29, 1.82) is 0 Å². The van der Waals surface area contributed by atoms with Gasteiger partial charge in [0.15, 0.2) is 4.34 Å². The highest BCUT2D eigenvalue weighted by atomic mass is 32.2. The minimum atomic E-state index is -0.136. The van der Waals surface area contributed by atoms with Crippen LogP contribution in [0.3, 0.4) is 0 Å². The Bertz CT molecular complexity index is 891. The summed E-state index contributed by atoms with van der Waals surface area (Å²) in [4.78, 5) is 16.5. The number of carbonyl (C=O) groups excluding carboxylic acids is 1. The molecule has 6 heteroatoms. The molecule has 1 N–H and O–H groups in total. The first-order valence-corrected chi connectivity index (χ1v) is 9.71. The summed E-state index contributed by atoms with van der Waals surface area (Å²) in [5.41, 5.74) is 8.14. The largest absolute Gasteiger partial charge is 0.272 e. The highest BCUT2D eigenvalue weighted by molar-refractivity contribution is 8.01. The van der Waals surface area contributed by atoms with Crippen molar-refractivity contribution in [3.8, 4) is 0 Å². The molecule has 128 valence electrons. The van der Waals surface area contributed by atoms with E-state index in [2.05, 4.69) is 34.6 Å². The summed E-state index contributed by atoms with van der Waals surface area (Å²) in [5, 5.41) is 4.09. The fraction of sp³-hybridized carbons (Fsp3) is 0.211. The van der Waals surface area contributed by atoms with Crippen LogP contribution in [0.2, 0.25) is 0 Å². The van der Waals surface area contributed by atoms with Crippen LogP contribution in [0.15, 0.2) is 45.8 Å². The SMILES string of the molecule is Cc1cc(C)c(/C=N/NC(=O)CSc2nc3ccccc3s2)c(C)c1. The van der Waals surface area contributed by atoms with E-state index in [1.807, 2.05) is 38.1 Å². The number of nitrogens with zero attached hydrogens (tertiary/aromatic N) is 2. The summed E-state index contributed by atoms with van der Waals surface area (Å²) in [6, 6.07) is 12.2. The van der Waals surface area contributed by atoms with E-state index in [9.17, 15) is 4.79 Å². The van der Waals surface area contributed by atoms with Gasteiger partial charge in [0, 0.05) is 5.56 Å². The predicted molar refractivity (Wildman–Crippen MR) is 107 cm³/mol. The summed E-state index contributed by atoms with van der Waals surface area (Å²) < 4.78 is 2.03. The first-order chi connectivity index (χ1) is 12.0. The van der Waals surface area contributed by atoms with E-state index >= 15 is 0 Å². The zero-order chi connectivity index (χ0) is 17.8. The Balaban J connectivity index is 1.56. The zero-order valence-electron chi connectivity index (χ0n) is 14.4. The normalized spacial score (nSPS) is 11.3. The lowest BCUT2D eigenvalue weighted by Crippen LogP contribution is -2.19. The Morgan fingerprint density at radius 2 is 1.96 bits per heavy atom.